The Morgan fingerprint density at radius 1 is 1.14 bits per heavy atom. The molecule has 1 aliphatic heterocycles. The van der Waals surface area contributed by atoms with Crippen LogP contribution in [0.2, 0.25) is 0 Å². The van der Waals surface area contributed by atoms with E-state index in [1.165, 1.54) is 49.9 Å². The number of hydrogen-bond acceptors (Lipinski definition) is 3. The van der Waals surface area contributed by atoms with E-state index in [1.54, 1.807) is 12.0 Å². The molecule has 1 unspecified atom stereocenters. The quantitative estimate of drug-likeness (QED) is 0.630. The second-order valence-corrected chi connectivity index (χ2v) is 7.78. The lowest BCUT2D eigenvalue weighted by Gasteiger charge is -2.32. The van der Waals surface area contributed by atoms with Gasteiger partial charge in [-0.2, -0.15) is 0 Å². The molecule has 0 aliphatic carbocycles. The van der Waals surface area contributed by atoms with E-state index in [4.69, 9.17) is 9.47 Å². The zero-order chi connectivity index (χ0) is 19.6. The van der Waals surface area contributed by atoms with Crippen LogP contribution in [0.15, 0.2) is 42.7 Å². The molecule has 3 rings (SSSR count). The van der Waals surface area contributed by atoms with Gasteiger partial charge in [0.05, 0.1) is 26.8 Å². The smallest absolute Gasteiger partial charge is 0.161 e. The highest BCUT2D eigenvalue weighted by molar-refractivity contribution is 5.43. The number of hydrogen-bond donors (Lipinski definition) is 1. The Kier molecular flexibility index (Phi) is 8.16. The van der Waals surface area contributed by atoms with Crippen LogP contribution in [-0.2, 0) is 6.42 Å². The summed E-state index contributed by atoms with van der Waals surface area (Å²) < 4.78 is 11.5. The summed E-state index contributed by atoms with van der Waals surface area (Å²) in [7, 11) is 1.72. The van der Waals surface area contributed by atoms with Crippen LogP contribution in [-0.4, -0.2) is 31.8 Å². The average molecular weight is 384 g/mol. The molecular formula is C24H35N2O2+. The molecule has 4 heteroatoms. The molecule has 1 N–H and O–H groups in total. The summed E-state index contributed by atoms with van der Waals surface area (Å²) in [6.07, 6.45) is 12.3. The second-order valence-electron chi connectivity index (χ2n) is 7.78. The molecule has 0 radical (unpaired) electrons. The van der Waals surface area contributed by atoms with Crippen LogP contribution in [0.4, 0.5) is 0 Å². The third-order valence-corrected chi connectivity index (χ3v) is 5.74. The van der Waals surface area contributed by atoms with Crippen molar-refractivity contribution in [3.05, 3.63) is 53.9 Å². The number of piperidine rings is 1. The van der Waals surface area contributed by atoms with E-state index >= 15 is 0 Å². The van der Waals surface area contributed by atoms with Crippen LogP contribution < -0.4 is 14.4 Å². The van der Waals surface area contributed by atoms with Crippen LogP contribution >= 0.6 is 0 Å². The van der Waals surface area contributed by atoms with Gasteiger partial charge < -0.3 is 14.4 Å². The molecule has 0 bridgehead atoms. The van der Waals surface area contributed by atoms with Crippen molar-refractivity contribution in [3.8, 4) is 11.5 Å². The fraction of sp³-hybridized carbons (Fsp3) is 0.542. The second kappa shape index (κ2) is 11.1. The van der Waals surface area contributed by atoms with Crippen molar-refractivity contribution in [2.75, 3.05) is 26.8 Å². The van der Waals surface area contributed by atoms with Gasteiger partial charge >= 0.3 is 0 Å². The van der Waals surface area contributed by atoms with Crippen molar-refractivity contribution >= 4 is 0 Å². The summed E-state index contributed by atoms with van der Waals surface area (Å²) in [5.74, 6) is 1.71. The lowest BCUT2D eigenvalue weighted by molar-refractivity contribution is -0.937. The Labute approximate surface area is 169 Å². The summed E-state index contributed by atoms with van der Waals surface area (Å²) in [5.41, 5.74) is 2.70. The van der Waals surface area contributed by atoms with Crippen molar-refractivity contribution in [3.63, 3.8) is 0 Å². The van der Waals surface area contributed by atoms with Crippen molar-refractivity contribution in [2.45, 2.75) is 57.9 Å². The molecule has 0 amide bonds. The van der Waals surface area contributed by atoms with Gasteiger partial charge in [-0.25, -0.2) is 0 Å². The maximum Gasteiger partial charge on any atom is 0.161 e. The molecule has 2 atom stereocenters. The van der Waals surface area contributed by atoms with E-state index < -0.39 is 0 Å². The largest absolute Gasteiger partial charge is 0.493 e. The minimum Gasteiger partial charge on any atom is -0.493 e. The number of methoxy groups -OCH3 is 1. The topological polar surface area (TPSA) is 35.8 Å². The Balaban J connectivity index is 1.45. The maximum absolute atomic E-state index is 6.02. The van der Waals surface area contributed by atoms with Crippen LogP contribution in [0.3, 0.4) is 0 Å². The van der Waals surface area contributed by atoms with Gasteiger partial charge in [0.2, 0.25) is 0 Å². The Hall–Kier alpha value is -2.07. The van der Waals surface area contributed by atoms with Crippen molar-refractivity contribution in [1.29, 1.82) is 0 Å². The molecule has 152 valence electrons. The first kappa shape index (κ1) is 20.7. The monoisotopic (exact) mass is 383 g/mol. The fourth-order valence-corrected chi connectivity index (χ4v) is 4.27. The van der Waals surface area contributed by atoms with E-state index in [1.807, 2.05) is 12.4 Å². The van der Waals surface area contributed by atoms with Crippen LogP contribution in [0.1, 0.15) is 62.6 Å². The zero-order valence-electron chi connectivity index (χ0n) is 17.5. The van der Waals surface area contributed by atoms with E-state index in [-0.39, 0.29) is 0 Å². The number of rotatable bonds is 10. The number of nitrogens with one attached hydrogen (secondary N) is 1. The number of aryl methyl sites for hydroxylation is 1. The van der Waals surface area contributed by atoms with Crippen LogP contribution in [0.5, 0.6) is 11.5 Å². The minimum absolute atomic E-state index is 0.606. The summed E-state index contributed by atoms with van der Waals surface area (Å²) in [6, 6.07) is 11.2. The molecule has 1 aliphatic rings. The predicted molar refractivity (Wildman–Crippen MR) is 113 cm³/mol. The van der Waals surface area contributed by atoms with E-state index in [2.05, 4.69) is 42.2 Å². The third kappa shape index (κ3) is 5.71. The van der Waals surface area contributed by atoms with Gasteiger partial charge in [0, 0.05) is 24.4 Å². The lowest BCUT2D eigenvalue weighted by atomic mass is 9.96. The Morgan fingerprint density at radius 2 is 2.07 bits per heavy atom. The molecule has 1 fully saturated rings. The first-order valence-corrected chi connectivity index (χ1v) is 10.9. The van der Waals surface area contributed by atoms with Gasteiger partial charge in [-0.3, -0.25) is 4.98 Å². The van der Waals surface area contributed by atoms with Crippen molar-refractivity contribution in [2.24, 2.45) is 0 Å². The van der Waals surface area contributed by atoms with Crippen molar-refractivity contribution in [1.82, 2.24) is 4.98 Å². The first-order valence-electron chi connectivity index (χ1n) is 10.9. The number of nitrogens with zero attached hydrogens (tertiary/aromatic N) is 1. The van der Waals surface area contributed by atoms with Gasteiger partial charge in [-0.05, 0) is 55.9 Å². The highest BCUT2D eigenvalue weighted by atomic mass is 16.5. The third-order valence-electron chi connectivity index (χ3n) is 5.74. The molecule has 4 nitrogen and oxygen atoms in total. The summed E-state index contributed by atoms with van der Waals surface area (Å²) >= 11 is 0. The van der Waals surface area contributed by atoms with Gasteiger partial charge in [0.25, 0.3) is 0 Å². The lowest BCUT2D eigenvalue weighted by Crippen LogP contribution is -3.13. The average Bonchev–Trinajstić information content (AvgIpc) is 2.75. The van der Waals surface area contributed by atoms with Crippen LogP contribution in [0.25, 0.3) is 0 Å². The summed E-state index contributed by atoms with van der Waals surface area (Å²) in [6.45, 7) is 5.41. The van der Waals surface area contributed by atoms with Gasteiger partial charge in [-0.1, -0.05) is 25.5 Å². The molecule has 1 aromatic carbocycles. The molecule has 1 aromatic heterocycles. The van der Waals surface area contributed by atoms with E-state index in [0.29, 0.717) is 6.04 Å². The highest BCUT2D eigenvalue weighted by Gasteiger charge is 2.27. The molecule has 0 saturated carbocycles. The fourth-order valence-electron chi connectivity index (χ4n) is 4.27. The van der Waals surface area contributed by atoms with Gasteiger partial charge in [0.15, 0.2) is 11.5 Å². The van der Waals surface area contributed by atoms with E-state index in [9.17, 15) is 0 Å². The molecular weight excluding hydrogens is 348 g/mol. The summed E-state index contributed by atoms with van der Waals surface area (Å²) in [5, 5.41) is 0. The SMILES string of the molecule is CCCc1ccc(OCCCC[NH+]2CCCC[C@H]2c2cccnc2)c(OC)c1. The normalized spacial score (nSPS) is 19.4. The Morgan fingerprint density at radius 3 is 2.86 bits per heavy atom. The number of unbranched alkanes of at least 4 members (excludes halogenated alkanes) is 1. The number of quaternary nitrogens is 1. The zero-order valence-corrected chi connectivity index (χ0v) is 17.5. The predicted octanol–water partition coefficient (Wildman–Crippen LogP) is 4.01. The van der Waals surface area contributed by atoms with Gasteiger partial charge in [-0.15, -0.1) is 0 Å². The number of likely N-dealkylation sites (tertiary alicyclic amines) is 1. The molecule has 2 heterocycles. The number of pyridine rings is 1. The molecule has 2 aromatic rings. The van der Waals surface area contributed by atoms with Gasteiger partial charge in [0.1, 0.15) is 6.04 Å². The molecule has 28 heavy (non-hydrogen) atoms. The van der Waals surface area contributed by atoms with Crippen LogP contribution in [0, 0.1) is 0 Å². The molecule has 1 saturated heterocycles. The standard InChI is InChI=1S/C24H34N2O2/c1-3-9-20-12-13-23(24(18-20)27-2)28-17-7-6-16-26-15-5-4-11-22(26)21-10-8-14-25-19-21/h8,10,12-14,18-19,22H,3-7,9,11,15-17H2,1-2H3/p+1/t22-/m0/s1. The number of ether oxygens (including phenoxy) is 2. The number of benzene rings is 1. The first-order chi connectivity index (χ1) is 13.8. The summed E-state index contributed by atoms with van der Waals surface area (Å²) in [4.78, 5) is 6.04. The van der Waals surface area contributed by atoms with E-state index in [0.717, 1.165) is 37.4 Å². The van der Waals surface area contributed by atoms with Crippen molar-refractivity contribution < 1.29 is 14.4 Å². The maximum atomic E-state index is 6.02. The number of aromatic nitrogens is 1. The molecule has 0 spiro atoms. The Bertz CT molecular complexity index is 705. The minimum atomic E-state index is 0.606. The highest BCUT2D eigenvalue weighted by Crippen LogP contribution is 2.28.